The topological polar surface area (TPSA) is 89.6 Å². The molecule has 4 rings (SSSR count). The minimum absolute atomic E-state index is 0.106. The van der Waals surface area contributed by atoms with Gasteiger partial charge < -0.3 is 4.98 Å². The van der Waals surface area contributed by atoms with Crippen LogP contribution in [0.4, 0.5) is 0 Å². The molecule has 2 aromatic heterocycles. The molecule has 4 heterocycles. The Morgan fingerprint density at radius 2 is 1.76 bits per heavy atom. The van der Waals surface area contributed by atoms with Crippen LogP contribution in [0.1, 0.15) is 18.7 Å². The van der Waals surface area contributed by atoms with Crippen LogP contribution in [0.3, 0.4) is 0 Å². The zero-order chi connectivity index (χ0) is 17.4. The van der Waals surface area contributed by atoms with Crippen LogP contribution in [0, 0.1) is 0 Å². The Morgan fingerprint density at radius 3 is 2.48 bits per heavy atom. The minimum atomic E-state index is -3.32. The van der Waals surface area contributed by atoms with Gasteiger partial charge in [-0.05, 0) is 24.3 Å². The van der Waals surface area contributed by atoms with Gasteiger partial charge in [0.05, 0.1) is 12.1 Å². The number of H-pyrrole nitrogens is 1. The summed E-state index contributed by atoms with van der Waals surface area (Å²) in [6, 6.07) is 1.85. The van der Waals surface area contributed by atoms with Gasteiger partial charge in [0.2, 0.25) is 0 Å². The summed E-state index contributed by atoms with van der Waals surface area (Å²) in [5, 5.41) is 1.86. The first-order valence-corrected chi connectivity index (χ1v) is 10.8. The third kappa shape index (κ3) is 3.36. The van der Waals surface area contributed by atoms with Gasteiger partial charge in [-0.1, -0.05) is 0 Å². The van der Waals surface area contributed by atoms with Gasteiger partial charge in [0.15, 0.2) is 0 Å². The van der Waals surface area contributed by atoms with Gasteiger partial charge in [-0.3, -0.25) is 9.69 Å². The molecule has 10 heteroatoms. The van der Waals surface area contributed by atoms with E-state index in [9.17, 15) is 13.2 Å². The van der Waals surface area contributed by atoms with E-state index in [4.69, 9.17) is 0 Å². The van der Waals surface area contributed by atoms with E-state index < -0.39 is 10.2 Å². The maximum atomic E-state index is 12.6. The highest BCUT2D eigenvalue weighted by Crippen LogP contribution is 2.19. The van der Waals surface area contributed by atoms with Gasteiger partial charge in [-0.15, -0.1) is 11.3 Å². The molecule has 0 spiro atoms. The van der Waals surface area contributed by atoms with E-state index in [2.05, 4.69) is 14.9 Å². The summed E-state index contributed by atoms with van der Waals surface area (Å²) in [6.45, 7) is 4.02. The molecule has 0 radical (unpaired) electrons. The number of aromatic nitrogens is 2. The third-order valence-electron chi connectivity index (χ3n) is 4.79. The van der Waals surface area contributed by atoms with Gasteiger partial charge in [-0.25, -0.2) is 4.98 Å². The maximum absolute atomic E-state index is 12.6. The van der Waals surface area contributed by atoms with Gasteiger partial charge >= 0.3 is 0 Å². The Labute approximate surface area is 150 Å². The minimum Gasteiger partial charge on any atom is -0.308 e. The van der Waals surface area contributed by atoms with Crippen molar-refractivity contribution in [1.29, 1.82) is 0 Å². The average Bonchev–Trinajstić information content (AvgIpc) is 3.27. The van der Waals surface area contributed by atoms with Crippen molar-refractivity contribution in [1.82, 2.24) is 23.5 Å². The quantitative estimate of drug-likeness (QED) is 0.828. The van der Waals surface area contributed by atoms with E-state index >= 15 is 0 Å². The van der Waals surface area contributed by atoms with Crippen LogP contribution in [0.2, 0.25) is 0 Å². The van der Waals surface area contributed by atoms with Crippen molar-refractivity contribution >= 4 is 31.8 Å². The molecular weight excluding hydrogens is 362 g/mol. The molecule has 0 saturated carbocycles. The lowest BCUT2D eigenvalue weighted by Crippen LogP contribution is -2.52. The van der Waals surface area contributed by atoms with E-state index in [1.807, 2.05) is 11.4 Å². The van der Waals surface area contributed by atoms with Gasteiger partial charge in [0.1, 0.15) is 10.5 Å². The number of fused-ring (bicyclic) bond motifs is 1. The zero-order valence-corrected chi connectivity index (χ0v) is 15.5. The van der Waals surface area contributed by atoms with Crippen molar-refractivity contribution in [3.05, 3.63) is 27.6 Å². The molecule has 2 fully saturated rings. The number of aromatic amines is 1. The largest absolute Gasteiger partial charge is 0.308 e. The van der Waals surface area contributed by atoms with Gasteiger partial charge in [0.25, 0.3) is 15.8 Å². The second-order valence-electron chi connectivity index (χ2n) is 6.44. The molecule has 0 amide bonds. The number of hydrogen-bond donors (Lipinski definition) is 1. The Balaban J connectivity index is 1.40. The highest BCUT2D eigenvalue weighted by atomic mass is 32.2. The van der Waals surface area contributed by atoms with Crippen molar-refractivity contribution < 1.29 is 8.42 Å². The first kappa shape index (κ1) is 17.1. The lowest BCUT2D eigenvalue weighted by molar-refractivity contribution is 0.173. The Hall–Kier alpha value is -1.33. The van der Waals surface area contributed by atoms with Crippen molar-refractivity contribution in [2.24, 2.45) is 0 Å². The smallest absolute Gasteiger partial charge is 0.282 e. The number of thiophene rings is 1. The Kier molecular flexibility index (Phi) is 4.63. The molecule has 0 aliphatic carbocycles. The van der Waals surface area contributed by atoms with Crippen LogP contribution in [-0.2, 0) is 16.8 Å². The fourth-order valence-corrected chi connectivity index (χ4v) is 5.81. The van der Waals surface area contributed by atoms with Crippen LogP contribution in [0.15, 0.2) is 16.2 Å². The summed E-state index contributed by atoms with van der Waals surface area (Å²) in [4.78, 5) is 21.5. The predicted octanol–water partition coefficient (Wildman–Crippen LogP) is 0.443. The lowest BCUT2D eigenvalue weighted by atomic mass is 10.3. The van der Waals surface area contributed by atoms with Crippen LogP contribution in [0.25, 0.3) is 10.2 Å². The molecule has 2 saturated heterocycles. The molecule has 0 atom stereocenters. The summed E-state index contributed by atoms with van der Waals surface area (Å²) in [7, 11) is -3.32. The number of rotatable bonds is 4. The van der Waals surface area contributed by atoms with E-state index in [1.165, 1.54) is 11.3 Å². The molecule has 0 bridgehead atoms. The molecule has 25 heavy (non-hydrogen) atoms. The molecular formula is C15H21N5O3S2. The Morgan fingerprint density at radius 1 is 1.08 bits per heavy atom. The first-order chi connectivity index (χ1) is 12.0. The predicted molar refractivity (Wildman–Crippen MR) is 96.8 cm³/mol. The number of nitrogens with one attached hydrogen (secondary N) is 1. The van der Waals surface area contributed by atoms with E-state index in [0.717, 1.165) is 18.4 Å². The highest BCUT2D eigenvalue weighted by molar-refractivity contribution is 7.86. The molecule has 1 N–H and O–H groups in total. The second-order valence-corrected chi connectivity index (χ2v) is 9.28. The fourth-order valence-electron chi connectivity index (χ4n) is 3.41. The lowest BCUT2D eigenvalue weighted by Gasteiger charge is -2.35. The van der Waals surface area contributed by atoms with Crippen molar-refractivity contribution in [3.63, 3.8) is 0 Å². The normalized spacial score (nSPS) is 21.3. The highest BCUT2D eigenvalue weighted by Gasteiger charge is 2.33. The first-order valence-electron chi connectivity index (χ1n) is 8.48. The summed E-state index contributed by atoms with van der Waals surface area (Å²) in [5.41, 5.74) is 0.615. The van der Waals surface area contributed by atoms with Gasteiger partial charge in [-0.2, -0.15) is 17.0 Å². The molecule has 2 aliphatic heterocycles. The molecule has 2 aliphatic rings. The fraction of sp³-hybridized carbons (Fsp3) is 0.600. The van der Waals surface area contributed by atoms with E-state index in [0.29, 0.717) is 56.3 Å². The molecule has 0 aromatic carbocycles. The molecule has 8 nitrogen and oxygen atoms in total. The Bertz CT molecular complexity index is 909. The van der Waals surface area contributed by atoms with Crippen LogP contribution >= 0.6 is 11.3 Å². The SMILES string of the molecule is O=c1[nH]c(CN2CCN(S(=O)(=O)N3CCCC3)CC2)nc2ccsc12. The number of hydrogen-bond acceptors (Lipinski definition) is 6. The maximum Gasteiger partial charge on any atom is 0.282 e. The summed E-state index contributed by atoms with van der Waals surface area (Å²) in [5.74, 6) is 0.631. The molecule has 136 valence electrons. The number of piperazine rings is 1. The monoisotopic (exact) mass is 383 g/mol. The number of nitrogens with zero attached hydrogens (tertiary/aromatic N) is 4. The van der Waals surface area contributed by atoms with Gasteiger partial charge in [0, 0.05) is 39.3 Å². The van der Waals surface area contributed by atoms with Crippen LogP contribution < -0.4 is 5.56 Å². The summed E-state index contributed by atoms with van der Waals surface area (Å²) in [6.07, 6.45) is 1.90. The second kappa shape index (κ2) is 6.76. The zero-order valence-electron chi connectivity index (χ0n) is 13.8. The van der Waals surface area contributed by atoms with Crippen molar-refractivity contribution in [2.45, 2.75) is 19.4 Å². The average molecular weight is 383 g/mol. The standard InChI is InChI=1S/C15H21N5O3S2/c21-15-14-12(3-10-24-14)16-13(17-15)11-18-6-8-20(9-7-18)25(22,23)19-4-1-2-5-19/h3,10H,1-2,4-9,11H2,(H,16,17,21). The van der Waals surface area contributed by atoms with Crippen LogP contribution in [0.5, 0.6) is 0 Å². The van der Waals surface area contributed by atoms with Crippen molar-refractivity contribution in [2.75, 3.05) is 39.3 Å². The summed E-state index contributed by atoms with van der Waals surface area (Å²) < 4.78 is 29.0. The van der Waals surface area contributed by atoms with E-state index in [1.54, 1.807) is 8.61 Å². The molecule has 2 aromatic rings. The van der Waals surface area contributed by atoms with E-state index in [-0.39, 0.29) is 5.56 Å². The van der Waals surface area contributed by atoms with Crippen LogP contribution in [-0.4, -0.2) is 71.2 Å². The third-order valence-corrected chi connectivity index (χ3v) is 7.72. The summed E-state index contributed by atoms with van der Waals surface area (Å²) >= 11 is 1.39. The molecule has 0 unspecified atom stereocenters. The van der Waals surface area contributed by atoms with Crippen molar-refractivity contribution in [3.8, 4) is 0 Å².